The Bertz CT molecular complexity index is 116. The van der Waals surface area contributed by atoms with E-state index < -0.39 is 0 Å². The molecule has 1 saturated heterocycles. The smallest absolute Gasteiger partial charge is 0.109 e. The van der Waals surface area contributed by atoms with Crippen molar-refractivity contribution in [3.63, 3.8) is 0 Å². The Kier molecular flexibility index (Phi) is 2.40. The minimum Gasteiger partial charge on any atom is -0.384 e. The van der Waals surface area contributed by atoms with E-state index in [-0.39, 0.29) is 6.00 Å². The lowest BCUT2D eigenvalue weighted by molar-refractivity contribution is 0.0698. The normalized spacial score (nSPS) is 47.9. The van der Waals surface area contributed by atoms with Gasteiger partial charge in [0.25, 0.3) is 0 Å². The van der Waals surface area contributed by atoms with Crippen molar-refractivity contribution in [2.45, 2.75) is 39.3 Å². The molecule has 0 N–H and O–H groups in total. The van der Waals surface area contributed by atoms with E-state index in [1.165, 1.54) is 0 Å². The Morgan fingerprint density at radius 2 is 1.90 bits per heavy atom. The molecule has 10 heavy (non-hydrogen) atoms. The van der Waals surface area contributed by atoms with Crippen LogP contribution in [0.5, 0.6) is 0 Å². The van der Waals surface area contributed by atoms with Crippen LogP contribution in [0.1, 0.15) is 27.2 Å². The van der Waals surface area contributed by atoms with Crippen LogP contribution >= 0.6 is 0 Å². The van der Waals surface area contributed by atoms with Crippen LogP contribution < -0.4 is 0 Å². The zero-order valence-corrected chi connectivity index (χ0v) is 7.00. The molecule has 0 aromatic heterocycles. The Hall–Kier alpha value is 0.0249. The second kappa shape index (κ2) is 2.95. The zero-order valence-electron chi connectivity index (χ0n) is 7.00. The first-order valence-electron chi connectivity index (χ1n) is 4.07. The summed E-state index contributed by atoms with van der Waals surface area (Å²) in [7, 11) is 5.71. The molecule has 0 aliphatic carbocycles. The summed E-state index contributed by atoms with van der Waals surface area (Å²) < 4.78 is 5.51. The molecule has 4 atom stereocenters. The first-order chi connectivity index (χ1) is 4.66. The van der Waals surface area contributed by atoms with E-state index in [4.69, 9.17) is 12.6 Å². The molecule has 1 rings (SSSR count). The highest BCUT2D eigenvalue weighted by atomic mass is 16.5. The molecule has 1 fully saturated rings. The zero-order chi connectivity index (χ0) is 7.72. The lowest BCUT2D eigenvalue weighted by Gasteiger charge is -2.13. The molecule has 1 aliphatic heterocycles. The molecule has 1 unspecified atom stereocenters. The van der Waals surface area contributed by atoms with Crippen LogP contribution in [0.4, 0.5) is 0 Å². The van der Waals surface area contributed by atoms with E-state index in [1.54, 1.807) is 0 Å². The van der Waals surface area contributed by atoms with Gasteiger partial charge in [0.2, 0.25) is 0 Å². The fourth-order valence-electron chi connectivity index (χ4n) is 1.56. The maximum atomic E-state index is 5.71. The molecule has 1 aliphatic rings. The lowest BCUT2D eigenvalue weighted by atomic mass is 9.81. The number of ether oxygens (including phenoxy) is 1. The average Bonchev–Trinajstić information content (AvgIpc) is 2.17. The quantitative estimate of drug-likeness (QED) is 0.499. The molecular weight excluding hydrogens is 123 g/mol. The third-order valence-electron chi connectivity index (χ3n) is 2.67. The Balaban J connectivity index is 2.53. The van der Waals surface area contributed by atoms with Crippen LogP contribution in [0, 0.1) is 11.8 Å². The van der Waals surface area contributed by atoms with Crippen molar-refractivity contribution < 1.29 is 4.74 Å². The summed E-state index contributed by atoms with van der Waals surface area (Å²) in [5.41, 5.74) is 0. The highest BCUT2D eigenvalue weighted by Gasteiger charge is 2.34. The summed E-state index contributed by atoms with van der Waals surface area (Å²) >= 11 is 0. The van der Waals surface area contributed by atoms with Crippen molar-refractivity contribution in [1.82, 2.24) is 0 Å². The van der Waals surface area contributed by atoms with Gasteiger partial charge in [0.05, 0.1) is 6.10 Å². The molecule has 1 nitrogen and oxygen atoms in total. The van der Waals surface area contributed by atoms with E-state index >= 15 is 0 Å². The molecular formula is C8H15BO. The lowest BCUT2D eigenvalue weighted by Crippen LogP contribution is -2.15. The molecule has 2 heteroatoms. The van der Waals surface area contributed by atoms with Crippen LogP contribution in [0.25, 0.3) is 0 Å². The topological polar surface area (TPSA) is 9.23 Å². The van der Waals surface area contributed by atoms with Gasteiger partial charge in [0.1, 0.15) is 7.85 Å². The molecule has 1 heterocycles. The highest BCUT2D eigenvalue weighted by Crippen LogP contribution is 2.31. The van der Waals surface area contributed by atoms with E-state index in [9.17, 15) is 0 Å². The second-order valence-electron chi connectivity index (χ2n) is 3.27. The number of rotatable bonds is 1. The van der Waals surface area contributed by atoms with Crippen molar-refractivity contribution in [3.8, 4) is 0 Å². The van der Waals surface area contributed by atoms with E-state index in [0.717, 1.165) is 6.42 Å². The van der Waals surface area contributed by atoms with E-state index in [0.29, 0.717) is 17.9 Å². The molecule has 0 amide bonds. The van der Waals surface area contributed by atoms with Gasteiger partial charge in [-0.15, -0.1) is 0 Å². The van der Waals surface area contributed by atoms with Gasteiger partial charge < -0.3 is 4.74 Å². The first-order valence-corrected chi connectivity index (χ1v) is 4.07. The van der Waals surface area contributed by atoms with Crippen molar-refractivity contribution in [1.29, 1.82) is 0 Å². The van der Waals surface area contributed by atoms with E-state index in [1.807, 2.05) is 0 Å². The van der Waals surface area contributed by atoms with Crippen LogP contribution in [-0.4, -0.2) is 20.0 Å². The largest absolute Gasteiger partial charge is 0.384 e. The van der Waals surface area contributed by atoms with Crippen molar-refractivity contribution in [3.05, 3.63) is 0 Å². The van der Waals surface area contributed by atoms with Gasteiger partial charge in [0, 0.05) is 6.00 Å². The summed E-state index contributed by atoms with van der Waals surface area (Å²) in [6.45, 7) is 6.52. The molecule has 56 valence electrons. The van der Waals surface area contributed by atoms with Gasteiger partial charge in [-0.25, -0.2) is 0 Å². The van der Waals surface area contributed by atoms with Gasteiger partial charge in [-0.05, 0) is 18.3 Å². The molecule has 0 saturated carbocycles. The minimum atomic E-state index is -0.0278. The minimum absolute atomic E-state index is 0.0278. The van der Waals surface area contributed by atoms with Gasteiger partial charge in [-0.2, -0.15) is 0 Å². The standard InChI is InChI=1S/C8H15BO/c1-4-7-5(2)6(3)8(9)10-7/h5-8H,4H2,1-3H3/t5?,6-,7+,8+/m1/s1. The van der Waals surface area contributed by atoms with Gasteiger partial charge in [0.15, 0.2) is 0 Å². The summed E-state index contributed by atoms with van der Waals surface area (Å²) in [6, 6.07) is -0.0278. The van der Waals surface area contributed by atoms with Crippen molar-refractivity contribution in [2.24, 2.45) is 11.8 Å². The Labute approximate surface area is 64.6 Å². The molecule has 0 aromatic carbocycles. The third kappa shape index (κ3) is 1.22. The SMILES string of the molecule is [B][C@H]1O[C@@H](CC)C(C)[C@H]1C. The summed E-state index contributed by atoms with van der Waals surface area (Å²) in [6.07, 6.45) is 1.48. The third-order valence-corrected chi connectivity index (χ3v) is 2.67. The van der Waals surface area contributed by atoms with Crippen LogP contribution in [0.2, 0.25) is 0 Å². The Morgan fingerprint density at radius 3 is 2.10 bits per heavy atom. The van der Waals surface area contributed by atoms with Crippen molar-refractivity contribution >= 4 is 7.85 Å². The monoisotopic (exact) mass is 138 g/mol. The number of hydrogen-bond acceptors (Lipinski definition) is 1. The fraction of sp³-hybridized carbons (Fsp3) is 1.00. The average molecular weight is 138 g/mol. The van der Waals surface area contributed by atoms with Crippen molar-refractivity contribution in [2.75, 3.05) is 0 Å². The van der Waals surface area contributed by atoms with E-state index in [2.05, 4.69) is 20.8 Å². The number of hydrogen-bond donors (Lipinski definition) is 0. The van der Waals surface area contributed by atoms with Gasteiger partial charge in [-0.3, -0.25) is 0 Å². The second-order valence-corrected chi connectivity index (χ2v) is 3.27. The maximum absolute atomic E-state index is 5.71. The van der Waals surface area contributed by atoms with Crippen LogP contribution in [-0.2, 0) is 4.74 Å². The predicted octanol–water partition coefficient (Wildman–Crippen LogP) is 1.56. The Morgan fingerprint density at radius 1 is 1.30 bits per heavy atom. The maximum Gasteiger partial charge on any atom is 0.109 e. The molecule has 2 radical (unpaired) electrons. The fourth-order valence-corrected chi connectivity index (χ4v) is 1.56. The summed E-state index contributed by atoms with van der Waals surface area (Å²) in [5, 5.41) is 0. The van der Waals surface area contributed by atoms with Crippen LogP contribution in [0.3, 0.4) is 0 Å². The summed E-state index contributed by atoms with van der Waals surface area (Å²) in [4.78, 5) is 0. The van der Waals surface area contributed by atoms with Crippen LogP contribution in [0.15, 0.2) is 0 Å². The van der Waals surface area contributed by atoms with Gasteiger partial charge in [-0.1, -0.05) is 20.8 Å². The molecule has 0 aromatic rings. The highest BCUT2D eigenvalue weighted by molar-refractivity contribution is 6.11. The molecule has 0 spiro atoms. The first kappa shape index (κ1) is 8.12. The molecule has 0 bridgehead atoms. The summed E-state index contributed by atoms with van der Waals surface area (Å²) in [5.74, 6) is 1.14. The predicted molar refractivity (Wildman–Crippen MR) is 43.0 cm³/mol. The van der Waals surface area contributed by atoms with Gasteiger partial charge >= 0.3 is 0 Å².